The Morgan fingerprint density at radius 3 is 2.52 bits per heavy atom. The third-order valence-electron chi connectivity index (χ3n) is 4.40. The van der Waals surface area contributed by atoms with Crippen LogP contribution in [0.3, 0.4) is 0 Å². The van der Waals surface area contributed by atoms with E-state index in [9.17, 15) is 13.2 Å². The largest absolute Gasteiger partial charge is 0.316 e. The highest BCUT2D eigenvalue weighted by Gasteiger charge is 2.27. The number of nitrogens with one attached hydrogen (secondary N) is 1. The van der Waals surface area contributed by atoms with E-state index in [4.69, 9.17) is 0 Å². The van der Waals surface area contributed by atoms with Gasteiger partial charge in [-0.2, -0.15) is 5.10 Å². The average Bonchev–Trinajstić information content (AvgIpc) is 3.28. The normalized spacial score (nSPS) is 12.0. The number of hydrogen-bond donors (Lipinski definition) is 1. The zero-order chi connectivity index (χ0) is 19.3. The van der Waals surface area contributed by atoms with Gasteiger partial charge in [0, 0.05) is 34.9 Å². The molecule has 1 N–H and O–H groups in total. The van der Waals surface area contributed by atoms with Crippen LogP contribution >= 0.6 is 15.9 Å². The molecule has 7 nitrogen and oxygen atoms in total. The fourth-order valence-electron chi connectivity index (χ4n) is 3.00. The van der Waals surface area contributed by atoms with Crippen LogP contribution in [0.5, 0.6) is 0 Å². The van der Waals surface area contributed by atoms with E-state index in [2.05, 4.69) is 26.1 Å². The predicted octanol–water partition coefficient (Wildman–Crippen LogP) is 3.04. The molecule has 0 atom stereocenters. The minimum atomic E-state index is -4.01. The molecule has 0 unspecified atom stereocenters. The molecule has 3 aromatic heterocycles. The number of halogens is 1. The molecule has 0 aliphatic rings. The van der Waals surface area contributed by atoms with E-state index in [0.29, 0.717) is 21.1 Å². The van der Waals surface area contributed by atoms with E-state index in [0.717, 1.165) is 9.54 Å². The van der Waals surface area contributed by atoms with Gasteiger partial charge in [-0.25, -0.2) is 12.4 Å². The first-order chi connectivity index (χ1) is 12.8. The number of nitrogens with zero attached hydrogens (tertiary/aromatic N) is 3. The van der Waals surface area contributed by atoms with Gasteiger partial charge in [0.1, 0.15) is 5.52 Å². The molecule has 138 valence electrons. The number of aryl methyl sites for hydroxylation is 2. The van der Waals surface area contributed by atoms with Crippen molar-refractivity contribution in [3.63, 3.8) is 0 Å². The van der Waals surface area contributed by atoms with Gasteiger partial charge >= 0.3 is 0 Å². The lowest BCUT2D eigenvalue weighted by molar-refractivity contribution is 0.589. The monoisotopic (exact) mass is 446 g/mol. The summed E-state index contributed by atoms with van der Waals surface area (Å²) in [5.74, 6) is 0. The Kier molecular flexibility index (Phi) is 4.08. The summed E-state index contributed by atoms with van der Waals surface area (Å²) >= 11 is 3.43. The van der Waals surface area contributed by atoms with Crippen molar-refractivity contribution in [1.29, 1.82) is 0 Å². The number of benzene rings is 1. The maximum atomic E-state index is 13.5. The number of H-pyrrole nitrogens is 1. The maximum absolute atomic E-state index is 13.5. The van der Waals surface area contributed by atoms with Gasteiger partial charge in [-0.15, -0.1) is 0 Å². The van der Waals surface area contributed by atoms with Crippen LogP contribution in [0.2, 0.25) is 0 Å². The lowest BCUT2D eigenvalue weighted by Gasteiger charge is -2.12. The molecule has 1 aromatic carbocycles. The van der Waals surface area contributed by atoms with Crippen molar-refractivity contribution in [3.05, 3.63) is 69.3 Å². The number of hydrogen-bond acceptors (Lipinski definition) is 4. The summed E-state index contributed by atoms with van der Waals surface area (Å²) in [5, 5.41) is 7.11. The number of aromatic nitrogens is 4. The van der Waals surface area contributed by atoms with Crippen molar-refractivity contribution in [2.75, 3.05) is 0 Å². The SMILES string of the molecule is Cc1ccc(S(=O)(=O)n2c(-c3cn[nH]c3)cc3c(Br)cn(C)c(=O)c32)cc1. The zero-order valence-corrected chi connectivity index (χ0v) is 16.9. The van der Waals surface area contributed by atoms with Gasteiger partial charge in [0.25, 0.3) is 15.6 Å². The van der Waals surface area contributed by atoms with Crippen LogP contribution in [-0.2, 0) is 17.1 Å². The predicted molar refractivity (Wildman–Crippen MR) is 106 cm³/mol. The minimum Gasteiger partial charge on any atom is -0.316 e. The number of aromatic amines is 1. The number of pyridine rings is 1. The summed E-state index contributed by atoms with van der Waals surface area (Å²) < 4.78 is 30.0. The summed E-state index contributed by atoms with van der Waals surface area (Å²) in [5.41, 5.74) is 1.56. The first-order valence-corrected chi connectivity index (χ1v) is 10.3. The molecule has 4 rings (SSSR count). The molecule has 0 aliphatic carbocycles. The standard InChI is InChI=1S/C18H15BrN4O3S/c1-11-3-5-13(6-4-11)27(25,26)23-16(12-8-20-21-9-12)7-14-15(19)10-22(2)18(24)17(14)23/h3-10H,1-2H3,(H,20,21). The smallest absolute Gasteiger partial charge is 0.275 e. The molecule has 9 heteroatoms. The minimum absolute atomic E-state index is 0.0867. The zero-order valence-electron chi connectivity index (χ0n) is 14.5. The molecular formula is C18H15BrN4O3S. The molecular weight excluding hydrogens is 432 g/mol. The van der Waals surface area contributed by atoms with Crippen molar-refractivity contribution in [1.82, 2.24) is 18.7 Å². The molecule has 0 fully saturated rings. The van der Waals surface area contributed by atoms with Gasteiger partial charge in [-0.1, -0.05) is 17.7 Å². The quantitative estimate of drug-likeness (QED) is 0.523. The Labute approximate surface area is 163 Å². The summed E-state index contributed by atoms with van der Waals surface area (Å²) in [7, 11) is -2.43. The second kappa shape index (κ2) is 6.21. The first kappa shape index (κ1) is 17.7. The van der Waals surface area contributed by atoms with Gasteiger partial charge in [0.05, 0.1) is 16.8 Å². The van der Waals surface area contributed by atoms with E-state index >= 15 is 0 Å². The van der Waals surface area contributed by atoms with E-state index in [1.165, 1.54) is 22.9 Å². The van der Waals surface area contributed by atoms with Crippen molar-refractivity contribution < 1.29 is 8.42 Å². The molecule has 0 saturated carbocycles. The summed E-state index contributed by atoms with van der Waals surface area (Å²) in [4.78, 5) is 13.0. The fourth-order valence-corrected chi connectivity index (χ4v) is 5.13. The molecule has 4 aromatic rings. The number of fused-ring (bicyclic) bond motifs is 1. The topological polar surface area (TPSA) is 89.8 Å². The lowest BCUT2D eigenvalue weighted by Crippen LogP contribution is -2.23. The Morgan fingerprint density at radius 2 is 1.89 bits per heavy atom. The second-order valence-electron chi connectivity index (χ2n) is 6.25. The maximum Gasteiger partial charge on any atom is 0.275 e. The summed E-state index contributed by atoms with van der Waals surface area (Å²) in [6.07, 6.45) is 4.73. The Bertz CT molecular complexity index is 1320. The van der Waals surface area contributed by atoms with Crippen LogP contribution < -0.4 is 5.56 Å². The van der Waals surface area contributed by atoms with Crippen molar-refractivity contribution >= 4 is 36.9 Å². The fraction of sp³-hybridized carbons (Fsp3) is 0.111. The van der Waals surface area contributed by atoms with Crippen molar-refractivity contribution in [2.24, 2.45) is 7.05 Å². The molecule has 0 bridgehead atoms. The average molecular weight is 447 g/mol. The lowest BCUT2D eigenvalue weighted by atomic mass is 10.2. The highest BCUT2D eigenvalue weighted by atomic mass is 79.9. The summed E-state index contributed by atoms with van der Waals surface area (Å²) in [6, 6.07) is 8.21. The van der Waals surface area contributed by atoms with Crippen LogP contribution in [-0.4, -0.2) is 27.2 Å². The first-order valence-electron chi connectivity index (χ1n) is 8.02. The van der Waals surface area contributed by atoms with Crippen LogP contribution in [0.1, 0.15) is 5.56 Å². The second-order valence-corrected chi connectivity index (χ2v) is 8.90. The van der Waals surface area contributed by atoms with Crippen molar-refractivity contribution in [2.45, 2.75) is 11.8 Å². The number of rotatable bonds is 3. The summed E-state index contributed by atoms with van der Waals surface area (Å²) in [6.45, 7) is 1.88. The van der Waals surface area contributed by atoms with Gasteiger partial charge in [0.15, 0.2) is 0 Å². The van der Waals surface area contributed by atoms with Gasteiger partial charge in [-0.05, 0) is 41.1 Å². The Hall–Kier alpha value is -2.65. The van der Waals surface area contributed by atoms with Gasteiger partial charge in [0.2, 0.25) is 0 Å². The molecule has 0 amide bonds. The van der Waals surface area contributed by atoms with Gasteiger partial charge < -0.3 is 4.57 Å². The molecule has 0 spiro atoms. The third-order valence-corrected chi connectivity index (χ3v) is 6.76. The van der Waals surface area contributed by atoms with Crippen LogP contribution in [0, 0.1) is 6.92 Å². The molecule has 27 heavy (non-hydrogen) atoms. The van der Waals surface area contributed by atoms with Crippen LogP contribution in [0.4, 0.5) is 0 Å². The Morgan fingerprint density at radius 1 is 1.19 bits per heavy atom. The Balaban J connectivity index is 2.17. The molecule has 0 radical (unpaired) electrons. The molecule has 3 heterocycles. The van der Waals surface area contributed by atoms with Gasteiger partial charge in [-0.3, -0.25) is 9.89 Å². The van der Waals surface area contributed by atoms with Crippen molar-refractivity contribution in [3.8, 4) is 11.3 Å². The molecule has 0 saturated heterocycles. The van der Waals surface area contributed by atoms with Crippen LogP contribution in [0.15, 0.2) is 63.1 Å². The third kappa shape index (κ3) is 2.74. The van der Waals surface area contributed by atoms with E-state index < -0.39 is 15.6 Å². The van der Waals surface area contributed by atoms with Crippen LogP contribution in [0.25, 0.3) is 22.2 Å². The molecule has 0 aliphatic heterocycles. The van der Waals surface area contributed by atoms with E-state index in [-0.39, 0.29) is 10.4 Å². The van der Waals surface area contributed by atoms with E-state index in [1.807, 2.05) is 6.92 Å². The highest BCUT2D eigenvalue weighted by Crippen LogP contribution is 2.33. The van der Waals surface area contributed by atoms with E-state index in [1.54, 1.807) is 37.6 Å². The highest BCUT2D eigenvalue weighted by molar-refractivity contribution is 9.10.